The minimum atomic E-state index is -0.186. The summed E-state index contributed by atoms with van der Waals surface area (Å²) in [6.45, 7) is 1.07. The van der Waals surface area contributed by atoms with E-state index in [-0.39, 0.29) is 30.6 Å². The van der Waals surface area contributed by atoms with Gasteiger partial charge < -0.3 is 15.0 Å². The first kappa shape index (κ1) is 21.9. The second-order valence-corrected chi connectivity index (χ2v) is 8.43. The summed E-state index contributed by atoms with van der Waals surface area (Å²) in [6, 6.07) is 12.4. The van der Waals surface area contributed by atoms with Crippen molar-refractivity contribution in [3.05, 3.63) is 53.2 Å². The van der Waals surface area contributed by atoms with Crippen LogP contribution in [0.5, 0.6) is 5.88 Å². The number of ether oxygens (including phenoxy) is 1. The normalized spacial score (nSPS) is 20.7. The van der Waals surface area contributed by atoms with Crippen LogP contribution in [-0.4, -0.2) is 53.6 Å². The van der Waals surface area contributed by atoms with Gasteiger partial charge in [0.15, 0.2) is 0 Å². The predicted molar refractivity (Wildman–Crippen MR) is 120 cm³/mol. The molecule has 8 nitrogen and oxygen atoms in total. The van der Waals surface area contributed by atoms with Gasteiger partial charge in [-0.2, -0.15) is 5.26 Å². The lowest BCUT2D eigenvalue weighted by Crippen LogP contribution is -2.45. The number of nitriles is 1. The molecule has 166 valence electrons. The first-order valence-corrected chi connectivity index (χ1v) is 11.0. The number of hydrogen-bond acceptors (Lipinski definition) is 5. The number of carbonyl (C=O) groups excluding carboxylic acids is 2. The number of nitrogens with one attached hydrogen (secondary N) is 1. The molecular weight excluding hydrogens is 430 g/mol. The van der Waals surface area contributed by atoms with Gasteiger partial charge in [0.05, 0.1) is 5.56 Å². The van der Waals surface area contributed by atoms with Gasteiger partial charge in [0.25, 0.3) is 0 Å². The van der Waals surface area contributed by atoms with Crippen LogP contribution in [0, 0.1) is 11.3 Å². The lowest BCUT2D eigenvalue weighted by atomic mass is 9.93. The molecule has 1 N–H and O–H groups in total. The Labute approximate surface area is 191 Å². The van der Waals surface area contributed by atoms with Gasteiger partial charge in [-0.05, 0) is 49.9 Å². The predicted octanol–water partition coefficient (Wildman–Crippen LogP) is 3.36. The first-order valence-electron chi connectivity index (χ1n) is 10.7. The Morgan fingerprint density at radius 3 is 2.72 bits per heavy atom. The number of benzene rings is 1. The van der Waals surface area contributed by atoms with Gasteiger partial charge in [0, 0.05) is 42.1 Å². The Morgan fingerprint density at radius 1 is 1.22 bits per heavy atom. The number of anilines is 1. The molecule has 0 atom stereocenters. The van der Waals surface area contributed by atoms with E-state index >= 15 is 0 Å². The highest BCUT2D eigenvalue weighted by molar-refractivity contribution is 6.30. The second kappa shape index (κ2) is 9.88. The summed E-state index contributed by atoms with van der Waals surface area (Å²) in [5, 5.41) is 12.5. The Morgan fingerprint density at radius 2 is 2.03 bits per heavy atom. The molecule has 1 aliphatic heterocycles. The third-order valence-electron chi connectivity index (χ3n) is 5.74. The van der Waals surface area contributed by atoms with Crippen molar-refractivity contribution in [3.63, 3.8) is 0 Å². The molecule has 0 unspecified atom stereocenters. The average molecular weight is 454 g/mol. The number of pyridine rings is 1. The molecular formula is C23H24ClN5O3. The summed E-state index contributed by atoms with van der Waals surface area (Å²) in [6.07, 6.45) is 4.74. The molecule has 0 radical (unpaired) electrons. The van der Waals surface area contributed by atoms with Crippen molar-refractivity contribution in [3.8, 4) is 11.9 Å². The van der Waals surface area contributed by atoms with Crippen molar-refractivity contribution in [2.75, 3.05) is 24.5 Å². The second-order valence-electron chi connectivity index (χ2n) is 7.99. The molecule has 3 amide bonds. The van der Waals surface area contributed by atoms with Crippen molar-refractivity contribution in [1.29, 1.82) is 5.26 Å². The molecule has 1 saturated carbocycles. The quantitative estimate of drug-likeness (QED) is 0.723. The summed E-state index contributed by atoms with van der Waals surface area (Å²) < 4.78 is 5.89. The van der Waals surface area contributed by atoms with E-state index in [1.165, 1.54) is 6.20 Å². The van der Waals surface area contributed by atoms with Gasteiger partial charge in [0.1, 0.15) is 18.7 Å². The first-order chi connectivity index (χ1) is 15.5. The lowest BCUT2D eigenvalue weighted by molar-refractivity contribution is -0.122. The van der Waals surface area contributed by atoms with Crippen LogP contribution in [0.2, 0.25) is 5.02 Å². The topological polar surface area (TPSA) is 98.6 Å². The molecule has 1 aliphatic carbocycles. The standard InChI is InChI=1S/C23H24ClN5O3/c24-17-2-1-3-19(12-17)29-11-10-28(23(29)31)15-21(30)27-18-5-7-20(8-6-18)32-22-9-4-16(13-25)14-26-22/h1-4,9,12,14,18,20H,5-8,10-11,15H2,(H,27,30). The average Bonchev–Trinajstić information content (AvgIpc) is 3.15. The number of amides is 3. The van der Waals surface area contributed by atoms with Gasteiger partial charge in [0.2, 0.25) is 11.8 Å². The molecule has 2 fully saturated rings. The van der Waals surface area contributed by atoms with Crippen LogP contribution in [-0.2, 0) is 4.79 Å². The van der Waals surface area contributed by atoms with Crippen molar-refractivity contribution < 1.29 is 14.3 Å². The summed E-state index contributed by atoms with van der Waals surface area (Å²) in [5.74, 6) is 0.359. The van der Waals surface area contributed by atoms with Gasteiger partial charge in [-0.1, -0.05) is 17.7 Å². The fourth-order valence-electron chi connectivity index (χ4n) is 4.07. The van der Waals surface area contributed by atoms with E-state index in [0.717, 1.165) is 31.4 Å². The minimum Gasteiger partial charge on any atom is -0.474 e. The summed E-state index contributed by atoms with van der Waals surface area (Å²) >= 11 is 6.03. The molecule has 2 heterocycles. The summed E-state index contributed by atoms with van der Waals surface area (Å²) in [4.78, 5) is 32.6. The van der Waals surface area contributed by atoms with Crippen LogP contribution in [0.25, 0.3) is 0 Å². The number of halogens is 1. The van der Waals surface area contributed by atoms with E-state index in [9.17, 15) is 9.59 Å². The van der Waals surface area contributed by atoms with Crippen LogP contribution in [0.4, 0.5) is 10.5 Å². The summed E-state index contributed by atoms with van der Waals surface area (Å²) in [5.41, 5.74) is 1.23. The van der Waals surface area contributed by atoms with Crippen LogP contribution in [0.1, 0.15) is 31.2 Å². The van der Waals surface area contributed by atoms with Crippen molar-refractivity contribution >= 4 is 29.2 Å². The fraction of sp³-hybridized carbons (Fsp3) is 0.391. The van der Waals surface area contributed by atoms with E-state index in [0.29, 0.717) is 29.6 Å². The molecule has 1 aromatic heterocycles. The maximum Gasteiger partial charge on any atom is 0.325 e. The third-order valence-corrected chi connectivity index (χ3v) is 5.98. The van der Waals surface area contributed by atoms with E-state index < -0.39 is 0 Å². The van der Waals surface area contributed by atoms with E-state index in [1.807, 2.05) is 12.1 Å². The maximum atomic E-state index is 12.7. The van der Waals surface area contributed by atoms with E-state index in [4.69, 9.17) is 21.6 Å². The maximum absolute atomic E-state index is 12.7. The number of carbonyl (C=O) groups is 2. The van der Waals surface area contributed by atoms with Crippen molar-refractivity contribution in [1.82, 2.24) is 15.2 Å². The minimum absolute atomic E-state index is 0.0370. The van der Waals surface area contributed by atoms with Crippen molar-refractivity contribution in [2.45, 2.75) is 37.8 Å². The molecule has 0 spiro atoms. The highest BCUT2D eigenvalue weighted by Crippen LogP contribution is 2.25. The highest BCUT2D eigenvalue weighted by atomic mass is 35.5. The largest absolute Gasteiger partial charge is 0.474 e. The van der Waals surface area contributed by atoms with Crippen LogP contribution in [0.15, 0.2) is 42.6 Å². The third kappa shape index (κ3) is 5.29. The zero-order valence-corrected chi connectivity index (χ0v) is 18.3. The number of aromatic nitrogens is 1. The SMILES string of the molecule is N#Cc1ccc(OC2CCC(NC(=O)CN3CCN(c4cccc(Cl)c4)C3=O)CC2)nc1. The highest BCUT2D eigenvalue weighted by Gasteiger charge is 2.32. The number of nitrogens with zero attached hydrogens (tertiary/aromatic N) is 4. The number of hydrogen-bond donors (Lipinski definition) is 1. The Kier molecular flexibility index (Phi) is 6.76. The van der Waals surface area contributed by atoms with Crippen LogP contribution >= 0.6 is 11.6 Å². The molecule has 1 saturated heterocycles. The smallest absolute Gasteiger partial charge is 0.325 e. The van der Waals surface area contributed by atoms with E-state index in [1.54, 1.807) is 40.1 Å². The number of rotatable bonds is 6. The zero-order chi connectivity index (χ0) is 22.5. The van der Waals surface area contributed by atoms with Gasteiger partial charge in [-0.15, -0.1) is 0 Å². The van der Waals surface area contributed by atoms with Gasteiger partial charge in [-0.25, -0.2) is 9.78 Å². The molecule has 32 heavy (non-hydrogen) atoms. The van der Waals surface area contributed by atoms with Gasteiger partial charge in [-0.3, -0.25) is 9.69 Å². The lowest BCUT2D eigenvalue weighted by Gasteiger charge is -2.29. The van der Waals surface area contributed by atoms with E-state index in [2.05, 4.69) is 10.3 Å². The Hall–Kier alpha value is -3.31. The zero-order valence-electron chi connectivity index (χ0n) is 17.5. The number of urea groups is 1. The molecule has 4 rings (SSSR count). The Balaban J connectivity index is 1.21. The van der Waals surface area contributed by atoms with Crippen LogP contribution < -0.4 is 15.0 Å². The fourth-order valence-corrected chi connectivity index (χ4v) is 4.26. The van der Waals surface area contributed by atoms with Gasteiger partial charge >= 0.3 is 6.03 Å². The molecule has 9 heteroatoms. The molecule has 2 aliphatic rings. The Bertz CT molecular complexity index is 1020. The summed E-state index contributed by atoms with van der Waals surface area (Å²) in [7, 11) is 0. The van der Waals surface area contributed by atoms with Crippen molar-refractivity contribution in [2.24, 2.45) is 0 Å². The molecule has 0 bridgehead atoms. The molecule has 1 aromatic carbocycles. The monoisotopic (exact) mass is 453 g/mol. The molecule has 2 aromatic rings. The van der Waals surface area contributed by atoms with Crippen LogP contribution in [0.3, 0.4) is 0 Å².